The molecule has 1 amide bonds. The van der Waals surface area contributed by atoms with Crippen molar-refractivity contribution in [3.63, 3.8) is 0 Å². The van der Waals surface area contributed by atoms with Gasteiger partial charge in [-0.1, -0.05) is 37.6 Å². The normalized spacial score (nSPS) is 19.7. The molecule has 1 aliphatic heterocycles. The first-order valence-electron chi connectivity index (χ1n) is 12.1. The Morgan fingerprint density at radius 2 is 2.19 bits per heavy atom. The molecule has 1 saturated carbocycles. The molecule has 1 aromatic carbocycles. The van der Waals surface area contributed by atoms with Crippen LogP contribution in [0.2, 0.25) is 0 Å². The van der Waals surface area contributed by atoms with Gasteiger partial charge in [0, 0.05) is 19.0 Å². The molecular weight excluding hydrogens is 404 g/mol. The molecule has 176 valence electrons. The number of carbonyl (C=O) groups is 1. The van der Waals surface area contributed by atoms with Crippen LogP contribution in [0.1, 0.15) is 57.1 Å². The number of hydrogen-bond donors (Lipinski definition) is 3. The van der Waals surface area contributed by atoms with E-state index in [0.29, 0.717) is 12.5 Å². The summed E-state index contributed by atoms with van der Waals surface area (Å²) in [6, 6.07) is 6.55. The maximum Gasteiger partial charge on any atom is 0.228 e. The summed E-state index contributed by atoms with van der Waals surface area (Å²) in [5, 5.41) is 9.12. The number of hydrogen-bond acceptors (Lipinski definition) is 6. The second kappa shape index (κ2) is 12.1. The number of nitrogens with one attached hydrogen (secondary N) is 2. The van der Waals surface area contributed by atoms with Crippen LogP contribution in [-0.2, 0) is 17.6 Å². The lowest BCUT2D eigenvalue weighted by Gasteiger charge is -2.27. The first-order valence-corrected chi connectivity index (χ1v) is 12.1. The van der Waals surface area contributed by atoms with Gasteiger partial charge < -0.3 is 21.1 Å². The molecule has 1 aliphatic carbocycles. The van der Waals surface area contributed by atoms with Crippen LogP contribution < -0.4 is 21.1 Å². The fourth-order valence-corrected chi connectivity index (χ4v) is 4.55. The minimum Gasteiger partial charge on any atom is -0.488 e. The van der Waals surface area contributed by atoms with Crippen LogP contribution >= 0.6 is 0 Å². The zero-order valence-electron chi connectivity index (χ0n) is 19.4. The molecule has 1 aromatic rings. The van der Waals surface area contributed by atoms with Gasteiger partial charge in [0.1, 0.15) is 11.9 Å². The number of amides is 1. The van der Waals surface area contributed by atoms with Gasteiger partial charge in [0.05, 0.1) is 5.92 Å². The molecule has 2 aliphatic rings. The monoisotopic (exact) mass is 442 g/mol. The summed E-state index contributed by atoms with van der Waals surface area (Å²) < 4.78 is 6.36. The van der Waals surface area contributed by atoms with Gasteiger partial charge in [-0.25, -0.2) is 0 Å². The molecule has 3 rings (SSSR count). The smallest absolute Gasteiger partial charge is 0.228 e. The van der Waals surface area contributed by atoms with Crippen molar-refractivity contribution in [2.24, 2.45) is 22.7 Å². The topological polar surface area (TPSA) is 106 Å². The number of allylic oxidation sites excluding steroid dienone is 1. The van der Waals surface area contributed by atoms with E-state index in [1.165, 1.54) is 24.0 Å². The van der Waals surface area contributed by atoms with Crippen molar-refractivity contribution in [2.75, 3.05) is 19.8 Å². The van der Waals surface area contributed by atoms with Gasteiger partial charge in [-0.2, -0.15) is 0 Å². The Labute approximate surface area is 191 Å². The molecule has 1 fully saturated rings. The van der Waals surface area contributed by atoms with E-state index < -0.39 is 0 Å². The summed E-state index contributed by atoms with van der Waals surface area (Å²) in [7, 11) is 0. The zero-order valence-corrected chi connectivity index (χ0v) is 19.4. The Hall–Kier alpha value is -2.25. The van der Waals surface area contributed by atoms with Crippen molar-refractivity contribution in [2.45, 2.75) is 70.9 Å². The van der Waals surface area contributed by atoms with E-state index in [9.17, 15) is 9.70 Å². The SMILES string of the molecule is CCC/C=C(/C(C)C(=O)NCN=O)C(NCC1Cc2cccc(CCCN)c2O1)C1CC1. The van der Waals surface area contributed by atoms with Crippen molar-refractivity contribution >= 4 is 5.91 Å². The number of unbranched alkanes of at least 4 members (excludes halogenated alkanes) is 1. The lowest BCUT2D eigenvalue weighted by molar-refractivity contribution is -0.123. The average molecular weight is 443 g/mol. The zero-order chi connectivity index (χ0) is 22.9. The molecule has 7 heteroatoms. The maximum absolute atomic E-state index is 12.6. The number of para-hydroxylation sites is 1. The summed E-state index contributed by atoms with van der Waals surface area (Å²) in [5.74, 6) is 1.13. The summed E-state index contributed by atoms with van der Waals surface area (Å²) in [6.45, 7) is 5.29. The summed E-state index contributed by atoms with van der Waals surface area (Å²) in [5.41, 5.74) is 9.33. The molecule has 0 radical (unpaired) electrons. The number of nitrogens with two attached hydrogens (primary N) is 1. The van der Waals surface area contributed by atoms with E-state index in [4.69, 9.17) is 10.5 Å². The van der Waals surface area contributed by atoms with E-state index in [1.54, 1.807) is 0 Å². The van der Waals surface area contributed by atoms with Crippen LogP contribution in [0.4, 0.5) is 0 Å². The van der Waals surface area contributed by atoms with Crippen molar-refractivity contribution in [3.8, 4) is 5.75 Å². The predicted molar refractivity (Wildman–Crippen MR) is 127 cm³/mol. The number of fused-ring (bicyclic) bond motifs is 1. The van der Waals surface area contributed by atoms with Crippen molar-refractivity contribution in [1.82, 2.24) is 10.6 Å². The molecular formula is C25H38N4O3. The first kappa shape index (κ1) is 24.4. The molecule has 0 spiro atoms. The van der Waals surface area contributed by atoms with Gasteiger partial charge in [-0.15, -0.1) is 4.91 Å². The minimum absolute atomic E-state index is 0.0843. The summed E-state index contributed by atoms with van der Waals surface area (Å²) in [6.07, 6.45) is 9.38. The Morgan fingerprint density at radius 1 is 1.38 bits per heavy atom. The van der Waals surface area contributed by atoms with Gasteiger partial charge in [-0.05, 0) is 73.4 Å². The van der Waals surface area contributed by atoms with E-state index in [2.05, 4.69) is 47.0 Å². The Bertz CT molecular complexity index is 806. The van der Waals surface area contributed by atoms with Crippen LogP contribution in [0.25, 0.3) is 0 Å². The highest BCUT2D eigenvalue weighted by atomic mass is 16.5. The predicted octanol–water partition coefficient (Wildman–Crippen LogP) is 3.45. The number of nitrogens with zero attached hydrogens (tertiary/aromatic N) is 1. The third-order valence-corrected chi connectivity index (χ3v) is 6.46. The third-order valence-electron chi connectivity index (χ3n) is 6.46. The van der Waals surface area contributed by atoms with Gasteiger partial charge in [0.25, 0.3) is 0 Å². The van der Waals surface area contributed by atoms with E-state index in [0.717, 1.165) is 50.0 Å². The molecule has 4 N–H and O–H groups in total. The number of nitroso groups, excluding NO2 is 1. The average Bonchev–Trinajstić information content (AvgIpc) is 3.55. The Morgan fingerprint density at radius 3 is 2.88 bits per heavy atom. The second-order valence-electron chi connectivity index (χ2n) is 9.01. The lowest BCUT2D eigenvalue weighted by atomic mass is 9.89. The number of rotatable bonds is 14. The number of carbonyl (C=O) groups excluding carboxylic acids is 1. The van der Waals surface area contributed by atoms with Crippen LogP contribution in [0.5, 0.6) is 5.75 Å². The van der Waals surface area contributed by atoms with Crippen molar-refractivity contribution in [3.05, 3.63) is 45.9 Å². The molecule has 0 bridgehead atoms. The maximum atomic E-state index is 12.6. The summed E-state index contributed by atoms with van der Waals surface area (Å²) >= 11 is 0. The first-order chi connectivity index (χ1) is 15.6. The molecule has 3 atom stereocenters. The van der Waals surface area contributed by atoms with Gasteiger partial charge in [0.2, 0.25) is 5.91 Å². The quantitative estimate of drug-likeness (QED) is 0.302. The molecule has 1 heterocycles. The molecule has 0 aromatic heterocycles. The fraction of sp³-hybridized carbons (Fsp3) is 0.640. The highest BCUT2D eigenvalue weighted by Gasteiger charge is 2.37. The van der Waals surface area contributed by atoms with Crippen LogP contribution in [0.3, 0.4) is 0 Å². The number of aryl methyl sites for hydroxylation is 1. The minimum atomic E-state index is -0.300. The molecule has 32 heavy (non-hydrogen) atoms. The number of ether oxygens (including phenoxy) is 1. The van der Waals surface area contributed by atoms with Gasteiger partial charge in [0.15, 0.2) is 6.67 Å². The highest BCUT2D eigenvalue weighted by Crippen LogP contribution is 2.39. The van der Waals surface area contributed by atoms with E-state index in [-0.39, 0.29) is 30.6 Å². The van der Waals surface area contributed by atoms with Crippen molar-refractivity contribution < 1.29 is 9.53 Å². The third kappa shape index (κ3) is 6.39. The standard InChI is InChI=1S/C25H38N4O3/c1-3-4-10-22(17(2)25(30)28-16-29-31)23(18-11-12-18)27-15-21-14-20-8-5-7-19(9-6-13-26)24(20)32-21/h5,7-8,10,17-18,21,23,27H,3-4,6,9,11-16,26H2,1-2H3,(H,28,30)/b22-10-. The summed E-state index contributed by atoms with van der Waals surface area (Å²) in [4.78, 5) is 23.0. The lowest BCUT2D eigenvalue weighted by Crippen LogP contribution is -2.43. The molecule has 0 saturated heterocycles. The Balaban J connectivity index is 1.66. The highest BCUT2D eigenvalue weighted by molar-refractivity contribution is 5.81. The van der Waals surface area contributed by atoms with Crippen LogP contribution in [0.15, 0.2) is 35.0 Å². The van der Waals surface area contributed by atoms with Crippen molar-refractivity contribution in [1.29, 1.82) is 0 Å². The van der Waals surface area contributed by atoms with Crippen LogP contribution in [-0.4, -0.2) is 37.8 Å². The van der Waals surface area contributed by atoms with Gasteiger partial charge >= 0.3 is 0 Å². The van der Waals surface area contributed by atoms with Crippen LogP contribution in [0, 0.1) is 16.7 Å². The largest absolute Gasteiger partial charge is 0.488 e. The van der Waals surface area contributed by atoms with E-state index >= 15 is 0 Å². The fourth-order valence-electron chi connectivity index (χ4n) is 4.55. The molecule has 7 nitrogen and oxygen atoms in total. The second-order valence-corrected chi connectivity index (χ2v) is 9.01. The van der Waals surface area contributed by atoms with E-state index in [1.807, 2.05) is 6.92 Å². The Kier molecular flexibility index (Phi) is 9.23. The molecule has 3 unspecified atom stereocenters. The number of benzene rings is 1. The van der Waals surface area contributed by atoms with Gasteiger partial charge in [-0.3, -0.25) is 4.79 Å².